The van der Waals surface area contributed by atoms with Crippen molar-refractivity contribution in [2.75, 3.05) is 0 Å². The fraction of sp³-hybridized carbons (Fsp3) is 0.182. The van der Waals surface area contributed by atoms with Gasteiger partial charge >= 0.3 is 6.18 Å². The number of carbonyl (C=O) groups excluding carboxylic acids is 1. The highest BCUT2D eigenvalue weighted by Crippen LogP contribution is 2.43. The van der Waals surface area contributed by atoms with Crippen LogP contribution in [-0.4, -0.2) is 21.8 Å². The fourth-order valence-corrected chi connectivity index (χ4v) is 4.71. The van der Waals surface area contributed by atoms with Gasteiger partial charge in [0.2, 0.25) is 5.88 Å². The zero-order valence-corrected chi connectivity index (χ0v) is 23.6. The lowest BCUT2D eigenvalue weighted by molar-refractivity contribution is -0.255. The third-order valence-electron chi connectivity index (χ3n) is 6.98. The number of alkyl halides is 3. The first kappa shape index (κ1) is 30.0. The maximum absolute atomic E-state index is 13.2. The SMILES string of the molecule is C=Cc1c(N=Nc2cccc(-c3cccc(C(=O)[O-])c3)c2C)c(O)n(-c2ccc(C)c(C)c2)c1/C=C(\C)CC(F)(F)F. The monoisotopic (exact) mass is 572 g/mol. The number of carbonyl (C=O) groups is 1. The minimum Gasteiger partial charge on any atom is -0.545 e. The van der Waals surface area contributed by atoms with E-state index in [1.54, 1.807) is 37.3 Å². The molecule has 1 heterocycles. The number of azo groups is 1. The van der Waals surface area contributed by atoms with Crippen molar-refractivity contribution in [3.05, 3.63) is 106 Å². The Morgan fingerprint density at radius 2 is 1.74 bits per heavy atom. The molecule has 1 N–H and O–H groups in total. The summed E-state index contributed by atoms with van der Waals surface area (Å²) >= 11 is 0. The van der Waals surface area contributed by atoms with Crippen LogP contribution in [0.15, 0.2) is 83.0 Å². The quantitative estimate of drug-likeness (QED) is 0.215. The minimum atomic E-state index is -4.40. The summed E-state index contributed by atoms with van der Waals surface area (Å²) in [6.45, 7) is 10.8. The summed E-state index contributed by atoms with van der Waals surface area (Å²) in [6, 6.07) is 17.1. The first-order valence-electron chi connectivity index (χ1n) is 13.1. The molecule has 0 radical (unpaired) electrons. The molecule has 0 amide bonds. The largest absolute Gasteiger partial charge is 0.545 e. The summed E-state index contributed by atoms with van der Waals surface area (Å²) in [7, 11) is 0. The predicted molar refractivity (Wildman–Crippen MR) is 156 cm³/mol. The third kappa shape index (κ3) is 6.35. The van der Waals surface area contributed by atoms with E-state index in [0.29, 0.717) is 28.1 Å². The van der Waals surface area contributed by atoms with Crippen molar-refractivity contribution in [3.63, 3.8) is 0 Å². The van der Waals surface area contributed by atoms with Gasteiger partial charge in [-0.1, -0.05) is 54.6 Å². The molecule has 0 atom stereocenters. The summed E-state index contributed by atoms with van der Waals surface area (Å²) in [6.07, 6.45) is -2.73. The summed E-state index contributed by atoms with van der Waals surface area (Å²) in [5.74, 6) is -1.60. The van der Waals surface area contributed by atoms with E-state index in [9.17, 15) is 28.2 Å². The van der Waals surface area contributed by atoms with Gasteiger partial charge in [0, 0.05) is 11.3 Å². The highest BCUT2D eigenvalue weighted by molar-refractivity contribution is 5.88. The van der Waals surface area contributed by atoms with Crippen LogP contribution in [0.1, 0.15) is 51.7 Å². The molecule has 0 unspecified atom stereocenters. The van der Waals surface area contributed by atoms with Gasteiger partial charge in [-0.2, -0.15) is 18.3 Å². The van der Waals surface area contributed by atoms with Crippen LogP contribution in [0.3, 0.4) is 0 Å². The number of carboxylic acid groups (broad SMARTS) is 1. The average Bonchev–Trinajstić information content (AvgIpc) is 3.18. The average molecular weight is 573 g/mol. The van der Waals surface area contributed by atoms with Crippen molar-refractivity contribution in [1.29, 1.82) is 0 Å². The van der Waals surface area contributed by atoms with Crippen LogP contribution >= 0.6 is 0 Å². The first-order chi connectivity index (χ1) is 19.8. The topological polar surface area (TPSA) is 90.0 Å². The summed E-state index contributed by atoms with van der Waals surface area (Å²) in [5, 5.41) is 31.5. The van der Waals surface area contributed by atoms with Crippen LogP contribution < -0.4 is 5.11 Å². The van der Waals surface area contributed by atoms with Crippen LogP contribution in [-0.2, 0) is 0 Å². The van der Waals surface area contributed by atoms with Gasteiger partial charge in [-0.05, 0) is 91.4 Å². The number of aryl methyl sites for hydroxylation is 2. The Morgan fingerprint density at radius 3 is 2.38 bits per heavy atom. The number of benzene rings is 3. The normalized spacial score (nSPS) is 12.2. The Hall–Kier alpha value is -4.92. The van der Waals surface area contributed by atoms with E-state index in [2.05, 4.69) is 16.8 Å². The highest BCUT2D eigenvalue weighted by Gasteiger charge is 2.28. The molecule has 0 aliphatic carbocycles. The van der Waals surface area contributed by atoms with Crippen LogP contribution in [0, 0.1) is 20.8 Å². The second kappa shape index (κ2) is 11.9. The van der Waals surface area contributed by atoms with Crippen molar-refractivity contribution in [2.45, 2.75) is 40.3 Å². The molecule has 9 heteroatoms. The number of nitrogens with zero attached hydrogens (tertiary/aromatic N) is 3. The fourth-order valence-electron chi connectivity index (χ4n) is 4.71. The maximum Gasteiger partial charge on any atom is 0.392 e. The molecule has 4 aromatic rings. The van der Waals surface area contributed by atoms with Gasteiger partial charge in [0.05, 0.1) is 23.8 Å². The number of hydrogen-bond acceptors (Lipinski definition) is 5. The molecule has 0 bridgehead atoms. The van der Waals surface area contributed by atoms with E-state index in [4.69, 9.17) is 0 Å². The summed E-state index contributed by atoms with van der Waals surface area (Å²) in [5.41, 5.74) is 5.72. The third-order valence-corrected chi connectivity index (χ3v) is 6.98. The molecular weight excluding hydrogens is 543 g/mol. The Morgan fingerprint density at radius 1 is 1.02 bits per heavy atom. The molecule has 0 aliphatic heterocycles. The number of allylic oxidation sites excluding steroid dienone is 1. The summed E-state index contributed by atoms with van der Waals surface area (Å²) in [4.78, 5) is 11.4. The van der Waals surface area contributed by atoms with E-state index in [1.165, 1.54) is 35.8 Å². The molecule has 0 saturated heterocycles. The van der Waals surface area contributed by atoms with E-state index >= 15 is 0 Å². The molecule has 4 rings (SSSR count). The Bertz CT molecular complexity index is 1750. The molecule has 3 aromatic carbocycles. The van der Waals surface area contributed by atoms with Gasteiger partial charge in [0.25, 0.3) is 0 Å². The molecule has 0 saturated carbocycles. The molecule has 42 heavy (non-hydrogen) atoms. The van der Waals surface area contributed by atoms with Crippen LogP contribution in [0.25, 0.3) is 29.0 Å². The molecular formula is C33H29F3N3O3-. The smallest absolute Gasteiger partial charge is 0.392 e. The second-order valence-electron chi connectivity index (χ2n) is 10.1. The van der Waals surface area contributed by atoms with E-state index in [1.807, 2.05) is 32.0 Å². The number of carboxylic acids is 1. The number of aromatic nitrogens is 1. The Kier molecular flexibility index (Phi) is 8.51. The molecule has 0 fully saturated rings. The van der Waals surface area contributed by atoms with Gasteiger partial charge in [0.1, 0.15) is 0 Å². The maximum atomic E-state index is 13.2. The lowest BCUT2D eigenvalue weighted by Gasteiger charge is -2.12. The van der Waals surface area contributed by atoms with Crippen LogP contribution in [0.5, 0.6) is 5.88 Å². The van der Waals surface area contributed by atoms with Gasteiger partial charge in [-0.25, -0.2) is 0 Å². The predicted octanol–water partition coefficient (Wildman–Crippen LogP) is 8.55. The number of aromatic hydroxyl groups is 1. The van der Waals surface area contributed by atoms with Gasteiger partial charge < -0.3 is 15.0 Å². The standard InChI is InChI=1S/C33H30F3N3O3/c1-6-26-29(15-19(2)18-33(34,35)36)39(25-14-13-20(3)21(4)16-25)31(40)30(26)38-37-28-12-8-11-27(22(28)5)23-9-7-10-24(17-23)32(41)42/h6-17,40H,1,18H2,2-5H3,(H,41,42)/p-1/b19-15+,38-37?. The lowest BCUT2D eigenvalue weighted by Crippen LogP contribution is -2.22. The zero-order valence-electron chi connectivity index (χ0n) is 23.6. The number of halogens is 3. The summed E-state index contributed by atoms with van der Waals surface area (Å²) < 4.78 is 41.0. The van der Waals surface area contributed by atoms with Crippen molar-refractivity contribution in [2.24, 2.45) is 10.2 Å². The molecule has 1 aromatic heterocycles. The lowest BCUT2D eigenvalue weighted by atomic mass is 9.98. The molecule has 216 valence electrons. The number of hydrogen-bond donors (Lipinski definition) is 1. The zero-order chi connectivity index (χ0) is 30.8. The van der Waals surface area contributed by atoms with Crippen molar-refractivity contribution >= 4 is 29.5 Å². The van der Waals surface area contributed by atoms with E-state index in [0.717, 1.165) is 16.7 Å². The van der Waals surface area contributed by atoms with Gasteiger partial charge in [0.15, 0.2) is 5.69 Å². The van der Waals surface area contributed by atoms with Crippen LogP contribution in [0.4, 0.5) is 24.5 Å². The van der Waals surface area contributed by atoms with Crippen molar-refractivity contribution in [3.8, 4) is 22.7 Å². The Balaban J connectivity index is 1.87. The first-order valence-corrected chi connectivity index (χ1v) is 13.1. The molecule has 0 spiro atoms. The number of rotatable bonds is 8. The van der Waals surface area contributed by atoms with Crippen LogP contribution in [0.2, 0.25) is 0 Å². The van der Waals surface area contributed by atoms with E-state index < -0.39 is 18.6 Å². The Labute approximate surface area is 241 Å². The number of aromatic carboxylic acids is 1. The highest BCUT2D eigenvalue weighted by atomic mass is 19.4. The van der Waals surface area contributed by atoms with Gasteiger partial charge in [-0.15, -0.1) is 5.11 Å². The van der Waals surface area contributed by atoms with Crippen molar-refractivity contribution < 1.29 is 28.2 Å². The molecule has 6 nitrogen and oxygen atoms in total. The minimum absolute atomic E-state index is 0.0357. The second-order valence-corrected chi connectivity index (χ2v) is 10.1. The van der Waals surface area contributed by atoms with Crippen molar-refractivity contribution in [1.82, 2.24) is 4.57 Å². The van der Waals surface area contributed by atoms with Gasteiger partial charge in [-0.3, -0.25) is 4.57 Å². The molecule has 0 aliphatic rings. The van der Waals surface area contributed by atoms with E-state index in [-0.39, 0.29) is 28.4 Å².